The van der Waals surface area contributed by atoms with E-state index in [4.69, 9.17) is 14.0 Å². The van der Waals surface area contributed by atoms with Gasteiger partial charge >= 0.3 is 0 Å². The molecule has 1 saturated heterocycles. The van der Waals surface area contributed by atoms with Crippen molar-refractivity contribution in [2.24, 2.45) is 5.92 Å². The van der Waals surface area contributed by atoms with Crippen LogP contribution in [-0.4, -0.2) is 30.0 Å². The van der Waals surface area contributed by atoms with Gasteiger partial charge in [0.2, 0.25) is 11.7 Å². The normalized spacial score (nSPS) is 21.7. The van der Waals surface area contributed by atoms with Gasteiger partial charge in [0.05, 0.1) is 18.8 Å². The highest BCUT2D eigenvalue weighted by molar-refractivity contribution is 5.63. The van der Waals surface area contributed by atoms with Gasteiger partial charge in [-0.05, 0) is 37.3 Å². The van der Waals surface area contributed by atoms with E-state index in [0.29, 0.717) is 23.7 Å². The van der Waals surface area contributed by atoms with E-state index in [0.717, 1.165) is 43.6 Å². The van der Waals surface area contributed by atoms with Crippen LogP contribution in [0.15, 0.2) is 28.8 Å². The Bertz CT molecular complexity index is 611. The predicted molar refractivity (Wildman–Crippen MR) is 82.7 cm³/mol. The molecule has 2 heterocycles. The van der Waals surface area contributed by atoms with Crippen molar-refractivity contribution in [2.45, 2.75) is 38.7 Å². The Kier molecular flexibility index (Phi) is 4.73. The van der Waals surface area contributed by atoms with Crippen LogP contribution in [0, 0.1) is 5.92 Å². The van der Waals surface area contributed by atoms with Crippen LogP contribution in [0.25, 0.3) is 11.4 Å². The second-order valence-electron chi connectivity index (χ2n) is 5.71. The van der Waals surface area contributed by atoms with E-state index in [2.05, 4.69) is 17.1 Å². The van der Waals surface area contributed by atoms with Crippen LogP contribution >= 0.6 is 0 Å². The molecule has 0 radical (unpaired) electrons. The lowest BCUT2D eigenvalue weighted by atomic mass is 9.91. The predicted octanol–water partition coefficient (Wildman–Crippen LogP) is 3.49. The van der Waals surface area contributed by atoms with Crippen LogP contribution < -0.4 is 4.74 Å². The fourth-order valence-corrected chi connectivity index (χ4v) is 2.95. The summed E-state index contributed by atoms with van der Waals surface area (Å²) in [5.41, 5.74) is 0.860. The standard InChI is InChI=1S/C17H22N2O3/c1-3-13-10-12(8-9-21-13)11-16-18-17(19-22-16)14-6-4-5-7-15(14)20-2/h4-7,12-13H,3,8-11H2,1-2H3/t12-,13+/m1/s1. The van der Waals surface area contributed by atoms with Gasteiger partial charge in [-0.1, -0.05) is 24.2 Å². The third-order valence-electron chi connectivity index (χ3n) is 4.21. The van der Waals surface area contributed by atoms with Crippen molar-refractivity contribution in [3.8, 4) is 17.1 Å². The molecule has 1 aromatic carbocycles. The average Bonchev–Trinajstić information content (AvgIpc) is 3.03. The number of benzene rings is 1. The first-order valence-corrected chi connectivity index (χ1v) is 7.87. The summed E-state index contributed by atoms with van der Waals surface area (Å²) >= 11 is 0. The second kappa shape index (κ2) is 6.92. The van der Waals surface area contributed by atoms with E-state index >= 15 is 0 Å². The Morgan fingerprint density at radius 1 is 1.32 bits per heavy atom. The summed E-state index contributed by atoms with van der Waals surface area (Å²) in [6.45, 7) is 3.00. The molecule has 1 aliphatic heterocycles. The first-order valence-electron chi connectivity index (χ1n) is 7.87. The third kappa shape index (κ3) is 3.30. The number of nitrogens with zero attached hydrogens (tertiary/aromatic N) is 2. The van der Waals surface area contributed by atoms with Crippen molar-refractivity contribution in [3.63, 3.8) is 0 Å². The largest absolute Gasteiger partial charge is 0.496 e. The molecule has 0 N–H and O–H groups in total. The van der Waals surface area contributed by atoms with Gasteiger partial charge in [-0.3, -0.25) is 0 Å². The molecule has 3 rings (SSSR count). The highest BCUT2D eigenvalue weighted by Crippen LogP contribution is 2.29. The minimum Gasteiger partial charge on any atom is -0.496 e. The van der Waals surface area contributed by atoms with Crippen molar-refractivity contribution >= 4 is 0 Å². The molecule has 0 amide bonds. The minimum absolute atomic E-state index is 0.371. The lowest BCUT2D eigenvalue weighted by Crippen LogP contribution is -2.26. The number of hydrogen-bond donors (Lipinski definition) is 0. The Balaban J connectivity index is 1.71. The number of methoxy groups -OCH3 is 1. The van der Waals surface area contributed by atoms with Crippen molar-refractivity contribution < 1.29 is 14.0 Å². The Morgan fingerprint density at radius 2 is 2.18 bits per heavy atom. The first-order chi connectivity index (χ1) is 10.8. The molecule has 1 aliphatic rings. The topological polar surface area (TPSA) is 57.4 Å². The summed E-state index contributed by atoms with van der Waals surface area (Å²) in [5.74, 6) is 2.60. The quantitative estimate of drug-likeness (QED) is 0.846. The molecule has 0 saturated carbocycles. The summed E-state index contributed by atoms with van der Waals surface area (Å²) < 4.78 is 16.5. The van der Waals surface area contributed by atoms with Crippen molar-refractivity contribution in [1.29, 1.82) is 0 Å². The molecule has 1 aromatic heterocycles. The summed E-state index contributed by atoms with van der Waals surface area (Å²) in [6.07, 6.45) is 4.39. The maximum absolute atomic E-state index is 5.72. The average molecular weight is 302 g/mol. The highest BCUT2D eigenvalue weighted by Gasteiger charge is 2.24. The van der Waals surface area contributed by atoms with Crippen LogP contribution in [0.3, 0.4) is 0 Å². The Labute approximate surface area is 130 Å². The van der Waals surface area contributed by atoms with Crippen LogP contribution in [0.4, 0.5) is 0 Å². The molecular weight excluding hydrogens is 280 g/mol. The van der Waals surface area contributed by atoms with Crippen molar-refractivity contribution in [2.75, 3.05) is 13.7 Å². The molecule has 0 unspecified atom stereocenters. The minimum atomic E-state index is 0.371. The van der Waals surface area contributed by atoms with Gasteiger partial charge in [-0.15, -0.1) is 0 Å². The van der Waals surface area contributed by atoms with E-state index in [1.165, 1.54) is 0 Å². The Hall–Kier alpha value is -1.88. The molecule has 2 atom stereocenters. The highest BCUT2D eigenvalue weighted by atomic mass is 16.5. The van der Waals surface area contributed by atoms with Gasteiger partial charge in [-0.25, -0.2) is 0 Å². The zero-order valence-corrected chi connectivity index (χ0v) is 13.1. The molecule has 5 nitrogen and oxygen atoms in total. The molecule has 0 spiro atoms. The first kappa shape index (κ1) is 15.0. The van der Waals surface area contributed by atoms with Crippen molar-refractivity contribution in [3.05, 3.63) is 30.2 Å². The fourth-order valence-electron chi connectivity index (χ4n) is 2.95. The van der Waals surface area contributed by atoms with E-state index in [1.807, 2.05) is 24.3 Å². The molecule has 22 heavy (non-hydrogen) atoms. The molecule has 118 valence electrons. The van der Waals surface area contributed by atoms with Gasteiger partial charge in [-0.2, -0.15) is 4.98 Å². The number of para-hydroxylation sites is 1. The molecule has 0 bridgehead atoms. The summed E-state index contributed by atoms with van der Waals surface area (Å²) in [7, 11) is 1.65. The zero-order chi connectivity index (χ0) is 15.4. The lowest BCUT2D eigenvalue weighted by Gasteiger charge is -2.27. The molecule has 0 aliphatic carbocycles. The van der Waals surface area contributed by atoms with Crippen LogP contribution in [0.5, 0.6) is 5.75 Å². The summed E-state index contributed by atoms with van der Waals surface area (Å²) in [4.78, 5) is 4.54. The Morgan fingerprint density at radius 3 is 3.00 bits per heavy atom. The van der Waals surface area contributed by atoms with Gasteiger partial charge in [0.15, 0.2) is 0 Å². The van der Waals surface area contributed by atoms with Gasteiger partial charge < -0.3 is 14.0 Å². The maximum Gasteiger partial charge on any atom is 0.227 e. The van der Waals surface area contributed by atoms with E-state index < -0.39 is 0 Å². The number of aromatic nitrogens is 2. The van der Waals surface area contributed by atoms with Crippen LogP contribution in [-0.2, 0) is 11.2 Å². The van der Waals surface area contributed by atoms with E-state index in [-0.39, 0.29) is 0 Å². The fraction of sp³-hybridized carbons (Fsp3) is 0.529. The zero-order valence-electron chi connectivity index (χ0n) is 13.1. The van der Waals surface area contributed by atoms with E-state index in [9.17, 15) is 0 Å². The van der Waals surface area contributed by atoms with Gasteiger partial charge in [0, 0.05) is 13.0 Å². The SMILES string of the molecule is CC[C@H]1C[C@H](Cc2nc(-c3ccccc3OC)no2)CCO1. The molecule has 2 aromatic rings. The summed E-state index contributed by atoms with van der Waals surface area (Å²) in [6, 6.07) is 7.71. The van der Waals surface area contributed by atoms with Crippen LogP contribution in [0.2, 0.25) is 0 Å². The van der Waals surface area contributed by atoms with E-state index in [1.54, 1.807) is 7.11 Å². The number of ether oxygens (including phenoxy) is 2. The lowest BCUT2D eigenvalue weighted by molar-refractivity contribution is -0.0115. The molecule has 1 fully saturated rings. The molecule has 5 heteroatoms. The van der Waals surface area contributed by atoms with Gasteiger partial charge in [0.1, 0.15) is 5.75 Å². The second-order valence-corrected chi connectivity index (χ2v) is 5.71. The smallest absolute Gasteiger partial charge is 0.227 e. The molecular formula is C17H22N2O3. The monoisotopic (exact) mass is 302 g/mol. The van der Waals surface area contributed by atoms with Crippen molar-refractivity contribution in [1.82, 2.24) is 10.1 Å². The maximum atomic E-state index is 5.72. The number of hydrogen-bond acceptors (Lipinski definition) is 5. The van der Waals surface area contributed by atoms with Gasteiger partial charge in [0.25, 0.3) is 0 Å². The number of rotatable bonds is 5. The van der Waals surface area contributed by atoms with Crippen LogP contribution in [0.1, 0.15) is 32.1 Å². The summed E-state index contributed by atoms with van der Waals surface area (Å²) in [5, 5.41) is 4.10. The third-order valence-corrected chi connectivity index (χ3v) is 4.21.